The summed E-state index contributed by atoms with van der Waals surface area (Å²) in [6.45, 7) is 5.38. The van der Waals surface area contributed by atoms with Crippen LogP contribution in [0.15, 0.2) is 24.3 Å². The molecule has 2 nitrogen and oxygen atoms in total. The number of methoxy groups -OCH3 is 1. The van der Waals surface area contributed by atoms with E-state index in [2.05, 4.69) is 31.3 Å². The topological polar surface area (TPSA) is 21.3 Å². The third kappa shape index (κ3) is 3.92. The minimum atomic E-state index is 0.632. The Labute approximate surface area is 92.6 Å². The zero-order valence-corrected chi connectivity index (χ0v) is 9.92. The van der Waals surface area contributed by atoms with Crippen molar-refractivity contribution in [2.24, 2.45) is 0 Å². The van der Waals surface area contributed by atoms with Crippen LogP contribution in [0.5, 0.6) is 5.75 Å². The Morgan fingerprint density at radius 1 is 1.13 bits per heavy atom. The molecule has 0 bridgehead atoms. The molecular formula is C13H21NO. The molecule has 1 aromatic carbocycles. The molecule has 1 rings (SSSR count). The molecule has 1 N–H and O–H groups in total. The molecule has 0 atom stereocenters. The highest BCUT2D eigenvalue weighted by molar-refractivity contribution is 5.27. The van der Waals surface area contributed by atoms with Crippen LogP contribution >= 0.6 is 0 Å². The van der Waals surface area contributed by atoms with Crippen molar-refractivity contribution in [2.45, 2.75) is 39.3 Å². The molecule has 0 aliphatic heterocycles. The Morgan fingerprint density at radius 3 is 2.20 bits per heavy atom. The molecule has 0 heterocycles. The van der Waals surface area contributed by atoms with E-state index in [9.17, 15) is 0 Å². The number of rotatable bonds is 6. The molecule has 2 heteroatoms. The van der Waals surface area contributed by atoms with Gasteiger partial charge in [-0.1, -0.05) is 26.0 Å². The minimum Gasteiger partial charge on any atom is -0.497 e. The standard InChI is InChI=1S/C13H21NO/c1-4-12(5-2)14-10-11-6-8-13(15-3)9-7-11/h6-9,12,14H,4-5,10H2,1-3H3. The van der Waals surface area contributed by atoms with Crippen LogP contribution in [0.25, 0.3) is 0 Å². The van der Waals surface area contributed by atoms with E-state index in [0.29, 0.717) is 6.04 Å². The van der Waals surface area contributed by atoms with Gasteiger partial charge in [0, 0.05) is 12.6 Å². The van der Waals surface area contributed by atoms with E-state index in [-0.39, 0.29) is 0 Å². The first-order valence-electron chi connectivity index (χ1n) is 5.66. The average Bonchev–Trinajstić information content (AvgIpc) is 2.31. The molecule has 15 heavy (non-hydrogen) atoms. The number of nitrogens with one attached hydrogen (secondary N) is 1. The largest absolute Gasteiger partial charge is 0.497 e. The summed E-state index contributed by atoms with van der Waals surface area (Å²) >= 11 is 0. The second kappa shape index (κ2) is 6.46. The van der Waals surface area contributed by atoms with Crippen LogP contribution in [0.2, 0.25) is 0 Å². The van der Waals surface area contributed by atoms with Crippen LogP contribution in [0.3, 0.4) is 0 Å². The first kappa shape index (κ1) is 12.1. The van der Waals surface area contributed by atoms with Crippen molar-refractivity contribution in [3.8, 4) is 5.75 Å². The van der Waals surface area contributed by atoms with Gasteiger partial charge in [-0.15, -0.1) is 0 Å². The maximum absolute atomic E-state index is 5.12. The molecule has 1 aromatic rings. The van der Waals surface area contributed by atoms with Gasteiger partial charge in [0.25, 0.3) is 0 Å². The molecule has 0 aliphatic carbocycles. The first-order valence-corrected chi connectivity index (χ1v) is 5.66. The summed E-state index contributed by atoms with van der Waals surface area (Å²) < 4.78 is 5.12. The van der Waals surface area contributed by atoms with Crippen molar-refractivity contribution in [3.05, 3.63) is 29.8 Å². The molecule has 0 amide bonds. The Bertz CT molecular complexity index is 264. The smallest absolute Gasteiger partial charge is 0.118 e. The van der Waals surface area contributed by atoms with E-state index < -0.39 is 0 Å². The summed E-state index contributed by atoms with van der Waals surface area (Å²) in [6.07, 6.45) is 2.37. The normalized spacial score (nSPS) is 10.7. The number of hydrogen-bond donors (Lipinski definition) is 1. The molecular weight excluding hydrogens is 186 g/mol. The Kier molecular flexibility index (Phi) is 5.19. The van der Waals surface area contributed by atoms with Crippen LogP contribution in [-0.2, 0) is 6.54 Å². The van der Waals surface area contributed by atoms with Gasteiger partial charge in [-0.05, 0) is 30.5 Å². The van der Waals surface area contributed by atoms with Crippen LogP contribution in [0, 0.1) is 0 Å². The summed E-state index contributed by atoms with van der Waals surface area (Å²) in [5.41, 5.74) is 1.31. The highest BCUT2D eigenvalue weighted by Gasteiger charge is 2.01. The van der Waals surface area contributed by atoms with Crippen LogP contribution < -0.4 is 10.1 Å². The molecule has 0 saturated heterocycles. The summed E-state index contributed by atoms with van der Waals surface area (Å²) in [5.74, 6) is 0.918. The van der Waals surface area contributed by atoms with Gasteiger partial charge < -0.3 is 10.1 Å². The van der Waals surface area contributed by atoms with Gasteiger partial charge >= 0.3 is 0 Å². The van der Waals surface area contributed by atoms with E-state index in [4.69, 9.17) is 4.74 Å². The highest BCUT2D eigenvalue weighted by atomic mass is 16.5. The van der Waals surface area contributed by atoms with E-state index >= 15 is 0 Å². The average molecular weight is 207 g/mol. The predicted octanol–water partition coefficient (Wildman–Crippen LogP) is 2.97. The van der Waals surface area contributed by atoms with Crippen molar-refractivity contribution >= 4 is 0 Å². The van der Waals surface area contributed by atoms with Gasteiger partial charge in [-0.25, -0.2) is 0 Å². The first-order chi connectivity index (χ1) is 7.30. The van der Waals surface area contributed by atoms with Gasteiger partial charge in [-0.2, -0.15) is 0 Å². The Balaban J connectivity index is 2.43. The second-order valence-corrected chi connectivity index (χ2v) is 3.74. The summed E-state index contributed by atoms with van der Waals surface area (Å²) in [6, 6.07) is 8.85. The molecule has 0 spiro atoms. The summed E-state index contributed by atoms with van der Waals surface area (Å²) in [4.78, 5) is 0. The quantitative estimate of drug-likeness (QED) is 0.774. The van der Waals surface area contributed by atoms with Crippen molar-refractivity contribution in [2.75, 3.05) is 7.11 Å². The zero-order chi connectivity index (χ0) is 11.1. The fourth-order valence-corrected chi connectivity index (χ4v) is 1.58. The summed E-state index contributed by atoms with van der Waals surface area (Å²) in [5, 5.41) is 3.53. The van der Waals surface area contributed by atoms with Gasteiger partial charge in [0.15, 0.2) is 0 Å². The summed E-state index contributed by atoms with van der Waals surface area (Å²) in [7, 11) is 1.69. The number of hydrogen-bond acceptors (Lipinski definition) is 2. The minimum absolute atomic E-state index is 0.632. The zero-order valence-electron chi connectivity index (χ0n) is 9.92. The third-order valence-electron chi connectivity index (χ3n) is 2.74. The molecule has 84 valence electrons. The molecule has 0 saturated carbocycles. The fourth-order valence-electron chi connectivity index (χ4n) is 1.58. The van der Waals surface area contributed by atoms with Crippen LogP contribution in [0.1, 0.15) is 32.3 Å². The van der Waals surface area contributed by atoms with E-state index in [1.807, 2.05) is 12.1 Å². The maximum Gasteiger partial charge on any atom is 0.118 e. The third-order valence-corrected chi connectivity index (χ3v) is 2.74. The lowest BCUT2D eigenvalue weighted by molar-refractivity contribution is 0.414. The number of benzene rings is 1. The molecule has 0 unspecified atom stereocenters. The highest BCUT2D eigenvalue weighted by Crippen LogP contribution is 2.11. The second-order valence-electron chi connectivity index (χ2n) is 3.74. The molecule has 0 fully saturated rings. The van der Waals surface area contributed by atoms with Crippen LogP contribution in [-0.4, -0.2) is 13.2 Å². The lowest BCUT2D eigenvalue weighted by atomic mass is 10.1. The van der Waals surface area contributed by atoms with Gasteiger partial charge in [0.2, 0.25) is 0 Å². The van der Waals surface area contributed by atoms with Crippen molar-refractivity contribution in [3.63, 3.8) is 0 Å². The predicted molar refractivity (Wildman–Crippen MR) is 64.2 cm³/mol. The molecule has 0 radical (unpaired) electrons. The van der Waals surface area contributed by atoms with E-state index in [1.165, 1.54) is 18.4 Å². The van der Waals surface area contributed by atoms with Gasteiger partial charge in [0.1, 0.15) is 5.75 Å². The van der Waals surface area contributed by atoms with Crippen LogP contribution in [0.4, 0.5) is 0 Å². The van der Waals surface area contributed by atoms with Gasteiger partial charge in [0.05, 0.1) is 7.11 Å². The SMILES string of the molecule is CCC(CC)NCc1ccc(OC)cc1. The van der Waals surface area contributed by atoms with Crippen molar-refractivity contribution in [1.82, 2.24) is 5.32 Å². The van der Waals surface area contributed by atoms with Crippen molar-refractivity contribution in [1.29, 1.82) is 0 Å². The number of ether oxygens (including phenoxy) is 1. The monoisotopic (exact) mass is 207 g/mol. The lowest BCUT2D eigenvalue weighted by Crippen LogP contribution is -2.26. The Morgan fingerprint density at radius 2 is 1.73 bits per heavy atom. The van der Waals surface area contributed by atoms with Gasteiger partial charge in [-0.3, -0.25) is 0 Å². The van der Waals surface area contributed by atoms with E-state index in [1.54, 1.807) is 7.11 Å². The van der Waals surface area contributed by atoms with Crippen molar-refractivity contribution < 1.29 is 4.74 Å². The van der Waals surface area contributed by atoms with E-state index in [0.717, 1.165) is 12.3 Å². The molecule has 0 aliphatic rings. The Hall–Kier alpha value is -1.02. The maximum atomic E-state index is 5.12. The fraction of sp³-hybridized carbons (Fsp3) is 0.538. The lowest BCUT2D eigenvalue weighted by Gasteiger charge is -2.14. The molecule has 0 aromatic heterocycles.